The summed E-state index contributed by atoms with van der Waals surface area (Å²) < 4.78 is 11.1. The van der Waals surface area contributed by atoms with Gasteiger partial charge in [-0.25, -0.2) is 0 Å². The number of carbonyl (C=O) groups excluding carboxylic acids is 4. The second kappa shape index (κ2) is 14.9. The summed E-state index contributed by atoms with van der Waals surface area (Å²) in [7, 11) is 3.27. The number of nitrogens with zero attached hydrogens (tertiary/aromatic N) is 1. The van der Waals surface area contributed by atoms with Crippen molar-refractivity contribution in [3.8, 4) is 11.5 Å². The van der Waals surface area contributed by atoms with E-state index in [0.717, 1.165) is 17.7 Å². The van der Waals surface area contributed by atoms with Gasteiger partial charge in [0.05, 0.1) is 19.2 Å². The van der Waals surface area contributed by atoms with Crippen LogP contribution in [0.5, 0.6) is 11.5 Å². The summed E-state index contributed by atoms with van der Waals surface area (Å²) in [6.45, 7) is 4.54. The highest BCUT2D eigenvalue weighted by molar-refractivity contribution is 5.99. The molecular weight excluding hydrogens is 512 g/mol. The molecule has 0 unspecified atom stereocenters. The molecule has 2 atom stereocenters. The first-order chi connectivity index (χ1) is 19.2. The second-order valence-electron chi connectivity index (χ2n) is 10.2. The Hall–Kier alpha value is -4.08. The summed E-state index contributed by atoms with van der Waals surface area (Å²) in [5.41, 5.74) is 1.36. The molecule has 0 spiro atoms. The lowest BCUT2D eigenvalue weighted by molar-refractivity contribution is -0.137. The third-order valence-corrected chi connectivity index (χ3v) is 6.80. The van der Waals surface area contributed by atoms with Gasteiger partial charge < -0.3 is 30.3 Å². The lowest BCUT2D eigenvalue weighted by Crippen LogP contribution is -2.51. The predicted molar refractivity (Wildman–Crippen MR) is 151 cm³/mol. The molecule has 216 valence electrons. The van der Waals surface area contributed by atoms with E-state index in [4.69, 9.17) is 9.47 Å². The first-order valence-corrected chi connectivity index (χ1v) is 13.7. The number of nitrogens with one attached hydrogen (secondary N) is 3. The summed E-state index contributed by atoms with van der Waals surface area (Å²) in [6.07, 6.45) is 1.45. The van der Waals surface area contributed by atoms with E-state index in [1.54, 1.807) is 38.4 Å². The molecule has 10 heteroatoms. The van der Waals surface area contributed by atoms with Gasteiger partial charge in [0.25, 0.3) is 5.91 Å². The number of carbonyl (C=O) groups is 4. The van der Waals surface area contributed by atoms with Gasteiger partial charge in [0.15, 0.2) is 0 Å². The SMILES string of the molecule is COc1cccc(CCCNC(=O)[C@@H]2CCC(=O)N[C@@H](C(C)C)C(=O)N(C)CCOc3ccccc3C(=O)N2)c1. The van der Waals surface area contributed by atoms with Crippen LogP contribution in [0.4, 0.5) is 0 Å². The van der Waals surface area contributed by atoms with E-state index in [9.17, 15) is 19.2 Å². The van der Waals surface area contributed by atoms with Crippen LogP contribution in [0, 0.1) is 5.92 Å². The van der Waals surface area contributed by atoms with Crippen LogP contribution >= 0.6 is 0 Å². The Morgan fingerprint density at radius 3 is 2.65 bits per heavy atom. The average Bonchev–Trinajstić information content (AvgIpc) is 2.95. The standard InChI is InChI=1S/C30H40N4O6/c1-20(2)27-30(38)34(3)17-18-40-25-13-6-5-12-23(25)28(36)32-24(14-15-26(35)33-27)29(37)31-16-8-10-21-9-7-11-22(19-21)39-4/h5-7,9,11-13,19-20,24,27H,8,10,14-18H2,1-4H3,(H,31,37)(H,32,36)(H,33,35)/t24-,27-/m0/s1. The molecule has 1 aliphatic heterocycles. The predicted octanol–water partition coefficient (Wildman–Crippen LogP) is 2.31. The normalized spacial score (nSPS) is 18.9. The van der Waals surface area contributed by atoms with Crippen molar-refractivity contribution in [2.75, 3.05) is 33.9 Å². The summed E-state index contributed by atoms with van der Waals surface area (Å²) in [4.78, 5) is 53.8. The number of para-hydroxylation sites is 1. The van der Waals surface area contributed by atoms with Crippen LogP contribution in [0.2, 0.25) is 0 Å². The average molecular weight is 553 g/mol. The number of amides is 4. The molecule has 0 aliphatic carbocycles. The van der Waals surface area contributed by atoms with Gasteiger partial charge in [-0.3, -0.25) is 19.2 Å². The van der Waals surface area contributed by atoms with Crippen molar-refractivity contribution < 1.29 is 28.7 Å². The van der Waals surface area contributed by atoms with Gasteiger partial charge in [0.1, 0.15) is 30.2 Å². The number of aryl methyl sites for hydroxylation is 1. The van der Waals surface area contributed by atoms with E-state index in [1.807, 2.05) is 38.1 Å². The van der Waals surface area contributed by atoms with Crippen molar-refractivity contribution in [3.05, 3.63) is 59.7 Å². The monoisotopic (exact) mass is 552 g/mol. The lowest BCUT2D eigenvalue weighted by Gasteiger charge is -2.27. The van der Waals surface area contributed by atoms with Gasteiger partial charge in [0, 0.05) is 20.0 Å². The fraction of sp³-hybridized carbons (Fsp3) is 0.467. The van der Waals surface area contributed by atoms with E-state index in [1.165, 1.54) is 4.90 Å². The summed E-state index contributed by atoms with van der Waals surface area (Å²) in [6, 6.07) is 12.8. The van der Waals surface area contributed by atoms with Crippen LogP contribution < -0.4 is 25.4 Å². The van der Waals surface area contributed by atoms with Crippen molar-refractivity contribution in [1.82, 2.24) is 20.9 Å². The topological polar surface area (TPSA) is 126 Å². The zero-order chi connectivity index (χ0) is 29.1. The number of hydrogen-bond acceptors (Lipinski definition) is 6. The number of benzene rings is 2. The summed E-state index contributed by atoms with van der Waals surface area (Å²) in [5, 5.41) is 8.48. The molecule has 4 amide bonds. The lowest BCUT2D eigenvalue weighted by atomic mass is 10.0. The molecule has 3 rings (SSSR count). The van der Waals surface area contributed by atoms with Crippen LogP contribution in [0.25, 0.3) is 0 Å². The third kappa shape index (κ3) is 8.72. The van der Waals surface area contributed by atoms with Gasteiger partial charge in [-0.15, -0.1) is 0 Å². The van der Waals surface area contributed by atoms with E-state index < -0.39 is 18.0 Å². The molecule has 2 aromatic carbocycles. The molecule has 10 nitrogen and oxygen atoms in total. The molecule has 1 heterocycles. The van der Waals surface area contributed by atoms with Crippen molar-refractivity contribution in [3.63, 3.8) is 0 Å². The Balaban J connectivity index is 1.73. The maximum Gasteiger partial charge on any atom is 0.255 e. The Morgan fingerprint density at radius 1 is 1.12 bits per heavy atom. The fourth-order valence-corrected chi connectivity index (χ4v) is 4.41. The molecule has 0 bridgehead atoms. The van der Waals surface area contributed by atoms with Crippen molar-refractivity contribution in [2.24, 2.45) is 5.92 Å². The minimum atomic E-state index is -0.955. The maximum atomic E-state index is 13.2. The number of fused-ring (bicyclic) bond motifs is 1. The third-order valence-electron chi connectivity index (χ3n) is 6.80. The molecule has 1 aliphatic rings. The van der Waals surface area contributed by atoms with E-state index in [0.29, 0.717) is 18.7 Å². The zero-order valence-electron chi connectivity index (χ0n) is 23.7. The van der Waals surface area contributed by atoms with Crippen LogP contribution in [-0.4, -0.2) is 74.5 Å². The molecule has 40 heavy (non-hydrogen) atoms. The molecule has 0 aromatic heterocycles. The van der Waals surface area contributed by atoms with Crippen molar-refractivity contribution >= 4 is 23.6 Å². The molecule has 0 fully saturated rings. The summed E-state index contributed by atoms with van der Waals surface area (Å²) in [5.74, 6) is -0.470. The highest BCUT2D eigenvalue weighted by atomic mass is 16.5. The first kappa shape index (κ1) is 30.5. The number of ether oxygens (including phenoxy) is 2. The molecule has 0 saturated carbocycles. The Morgan fingerprint density at radius 2 is 1.90 bits per heavy atom. The zero-order valence-corrected chi connectivity index (χ0v) is 23.7. The second-order valence-corrected chi connectivity index (χ2v) is 10.2. The van der Waals surface area contributed by atoms with Gasteiger partial charge in [-0.05, 0) is 55.0 Å². The highest BCUT2D eigenvalue weighted by Crippen LogP contribution is 2.19. The fourth-order valence-electron chi connectivity index (χ4n) is 4.41. The quantitative estimate of drug-likeness (QED) is 0.453. The van der Waals surface area contributed by atoms with E-state index >= 15 is 0 Å². The summed E-state index contributed by atoms with van der Waals surface area (Å²) >= 11 is 0. The number of rotatable bonds is 7. The molecule has 0 radical (unpaired) electrons. The van der Waals surface area contributed by atoms with Crippen molar-refractivity contribution in [2.45, 2.75) is 51.6 Å². The van der Waals surface area contributed by atoms with Gasteiger partial charge in [-0.1, -0.05) is 38.1 Å². The number of methoxy groups -OCH3 is 1. The number of hydrogen-bond donors (Lipinski definition) is 3. The van der Waals surface area contributed by atoms with Crippen LogP contribution in [0.1, 0.15) is 49.0 Å². The molecular formula is C30H40N4O6. The van der Waals surface area contributed by atoms with Gasteiger partial charge >= 0.3 is 0 Å². The Kier molecular flexibility index (Phi) is 11.4. The minimum absolute atomic E-state index is 0.0411. The number of likely N-dealkylation sites (N-methyl/N-ethyl adjacent to an activating group) is 1. The Bertz CT molecular complexity index is 1180. The molecule has 2 aromatic rings. The van der Waals surface area contributed by atoms with Crippen molar-refractivity contribution in [1.29, 1.82) is 0 Å². The molecule has 0 saturated heterocycles. The van der Waals surface area contributed by atoms with Gasteiger partial charge in [0.2, 0.25) is 17.7 Å². The van der Waals surface area contributed by atoms with Crippen LogP contribution in [-0.2, 0) is 20.8 Å². The largest absolute Gasteiger partial charge is 0.497 e. The van der Waals surface area contributed by atoms with E-state index in [2.05, 4.69) is 16.0 Å². The Labute approximate surface area is 235 Å². The van der Waals surface area contributed by atoms with E-state index in [-0.39, 0.29) is 55.2 Å². The van der Waals surface area contributed by atoms with Crippen LogP contribution in [0.3, 0.4) is 0 Å². The maximum absolute atomic E-state index is 13.2. The minimum Gasteiger partial charge on any atom is -0.497 e. The van der Waals surface area contributed by atoms with Gasteiger partial charge in [-0.2, -0.15) is 0 Å². The first-order valence-electron chi connectivity index (χ1n) is 13.7. The smallest absolute Gasteiger partial charge is 0.255 e. The molecule has 3 N–H and O–H groups in total. The highest BCUT2D eigenvalue weighted by Gasteiger charge is 2.29. The van der Waals surface area contributed by atoms with Crippen LogP contribution in [0.15, 0.2) is 48.5 Å².